The number of nitriles is 1. The first-order valence-electron chi connectivity index (χ1n) is 6.36. The van der Waals surface area contributed by atoms with E-state index in [0.717, 1.165) is 19.6 Å². The van der Waals surface area contributed by atoms with E-state index < -0.39 is 4.92 Å². The van der Waals surface area contributed by atoms with E-state index in [1.165, 1.54) is 18.9 Å². The molecule has 0 aromatic heterocycles. The van der Waals surface area contributed by atoms with Crippen LogP contribution in [0.25, 0.3) is 0 Å². The number of nitrogens with one attached hydrogen (secondary N) is 1. The molecule has 1 saturated heterocycles. The zero-order valence-electron chi connectivity index (χ0n) is 10.6. The quantitative estimate of drug-likeness (QED) is 0.646. The summed E-state index contributed by atoms with van der Waals surface area (Å²) in [5.41, 5.74) is 0.380. The molecule has 0 bridgehead atoms. The number of hydrogen-bond acceptors (Lipinski definition) is 5. The lowest BCUT2D eigenvalue weighted by Crippen LogP contribution is -2.26. The molecule has 6 heteroatoms. The summed E-state index contributed by atoms with van der Waals surface area (Å²) in [6.45, 7) is 3.72. The molecule has 1 aromatic carbocycles. The number of nitrogens with zero attached hydrogens (tertiary/aromatic N) is 3. The number of rotatable bonds is 5. The Hall–Kier alpha value is -2.13. The van der Waals surface area contributed by atoms with Gasteiger partial charge in [-0.25, -0.2) is 0 Å². The minimum absolute atomic E-state index is 0.0937. The van der Waals surface area contributed by atoms with E-state index in [-0.39, 0.29) is 11.3 Å². The second-order valence-corrected chi connectivity index (χ2v) is 4.55. The molecule has 0 unspecified atom stereocenters. The van der Waals surface area contributed by atoms with E-state index >= 15 is 0 Å². The maximum atomic E-state index is 11.0. The predicted octanol–water partition coefficient (Wildman–Crippen LogP) is 1.97. The lowest BCUT2D eigenvalue weighted by Gasteiger charge is -2.15. The third-order valence-electron chi connectivity index (χ3n) is 3.28. The smallest absolute Gasteiger partial charge is 0.309 e. The minimum atomic E-state index is -0.503. The van der Waals surface area contributed by atoms with Crippen molar-refractivity contribution in [3.8, 4) is 6.07 Å². The minimum Gasteiger partial charge on any atom is -0.378 e. The van der Waals surface area contributed by atoms with Gasteiger partial charge in [-0.05, 0) is 38.1 Å². The summed E-state index contributed by atoms with van der Waals surface area (Å²) in [5, 5.41) is 23.0. The summed E-state index contributed by atoms with van der Waals surface area (Å²) in [7, 11) is 0. The first-order valence-corrected chi connectivity index (χ1v) is 6.36. The van der Waals surface area contributed by atoms with Crippen LogP contribution >= 0.6 is 0 Å². The van der Waals surface area contributed by atoms with Crippen molar-refractivity contribution in [2.45, 2.75) is 12.8 Å². The van der Waals surface area contributed by atoms with Crippen molar-refractivity contribution in [3.05, 3.63) is 33.9 Å². The molecule has 0 spiro atoms. The SMILES string of the molecule is N#Cc1cccc(NCCN2CCCC2)c1[N+](=O)[O-]. The highest BCUT2D eigenvalue weighted by Gasteiger charge is 2.19. The van der Waals surface area contributed by atoms with Crippen LogP contribution in [0.15, 0.2) is 18.2 Å². The van der Waals surface area contributed by atoms with Crippen LogP contribution in [-0.4, -0.2) is 36.0 Å². The molecular weight excluding hydrogens is 244 g/mol. The number of nitro groups is 1. The number of para-hydroxylation sites is 1. The van der Waals surface area contributed by atoms with Gasteiger partial charge >= 0.3 is 5.69 Å². The van der Waals surface area contributed by atoms with Crippen molar-refractivity contribution >= 4 is 11.4 Å². The van der Waals surface area contributed by atoms with Gasteiger partial charge in [0.2, 0.25) is 0 Å². The normalized spacial score (nSPS) is 15.1. The first kappa shape index (κ1) is 13.3. The van der Waals surface area contributed by atoms with Crippen LogP contribution in [0.5, 0.6) is 0 Å². The average molecular weight is 260 g/mol. The average Bonchev–Trinajstić information content (AvgIpc) is 2.91. The molecule has 0 amide bonds. The molecule has 6 nitrogen and oxygen atoms in total. The molecule has 1 N–H and O–H groups in total. The Balaban J connectivity index is 2.03. The van der Waals surface area contributed by atoms with Crippen molar-refractivity contribution in [2.24, 2.45) is 0 Å². The van der Waals surface area contributed by atoms with Gasteiger partial charge in [0.05, 0.1) is 4.92 Å². The van der Waals surface area contributed by atoms with Gasteiger partial charge < -0.3 is 10.2 Å². The summed E-state index contributed by atoms with van der Waals surface area (Å²) in [5.74, 6) is 0. The maximum Gasteiger partial charge on any atom is 0.309 e. The molecule has 1 aliphatic rings. The van der Waals surface area contributed by atoms with E-state index in [1.54, 1.807) is 12.1 Å². The monoisotopic (exact) mass is 260 g/mol. The molecule has 1 heterocycles. The molecule has 0 saturated carbocycles. The highest BCUT2D eigenvalue weighted by molar-refractivity contribution is 5.68. The molecule has 100 valence electrons. The van der Waals surface area contributed by atoms with Gasteiger partial charge in [-0.1, -0.05) is 6.07 Å². The van der Waals surface area contributed by atoms with Gasteiger partial charge in [-0.2, -0.15) is 5.26 Å². The van der Waals surface area contributed by atoms with Crippen LogP contribution in [0.1, 0.15) is 18.4 Å². The number of anilines is 1. The Morgan fingerprint density at radius 1 is 1.42 bits per heavy atom. The highest BCUT2D eigenvalue weighted by atomic mass is 16.6. The van der Waals surface area contributed by atoms with E-state index in [9.17, 15) is 10.1 Å². The van der Waals surface area contributed by atoms with E-state index in [0.29, 0.717) is 12.2 Å². The Morgan fingerprint density at radius 2 is 2.16 bits per heavy atom. The molecule has 0 aliphatic carbocycles. The Bertz CT molecular complexity index is 504. The summed E-state index contributed by atoms with van der Waals surface area (Å²) >= 11 is 0. The fourth-order valence-electron chi connectivity index (χ4n) is 2.33. The van der Waals surface area contributed by atoms with E-state index in [1.807, 2.05) is 6.07 Å². The van der Waals surface area contributed by atoms with Gasteiger partial charge in [0.1, 0.15) is 17.3 Å². The molecule has 0 atom stereocenters. The molecule has 1 aromatic rings. The Morgan fingerprint density at radius 3 is 2.79 bits per heavy atom. The summed E-state index contributed by atoms with van der Waals surface area (Å²) < 4.78 is 0. The number of hydrogen-bond donors (Lipinski definition) is 1. The molecule has 0 radical (unpaired) electrons. The summed E-state index contributed by atoms with van der Waals surface area (Å²) in [6, 6.07) is 6.62. The Labute approximate surface area is 111 Å². The van der Waals surface area contributed by atoms with Gasteiger partial charge in [0, 0.05) is 13.1 Å². The maximum absolute atomic E-state index is 11.0. The highest BCUT2D eigenvalue weighted by Crippen LogP contribution is 2.27. The van der Waals surface area contributed by atoms with Crippen LogP contribution in [0, 0.1) is 21.4 Å². The Kier molecular flexibility index (Phi) is 4.31. The predicted molar refractivity (Wildman–Crippen MR) is 72.0 cm³/mol. The molecule has 19 heavy (non-hydrogen) atoms. The van der Waals surface area contributed by atoms with Crippen LogP contribution in [-0.2, 0) is 0 Å². The lowest BCUT2D eigenvalue weighted by atomic mass is 10.1. The van der Waals surface area contributed by atoms with Crippen molar-refractivity contribution in [1.29, 1.82) is 5.26 Å². The molecular formula is C13H16N4O2. The topological polar surface area (TPSA) is 82.2 Å². The zero-order chi connectivity index (χ0) is 13.7. The fraction of sp³-hybridized carbons (Fsp3) is 0.462. The molecule has 2 rings (SSSR count). The number of benzene rings is 1. The van der Waals surface area contributed by atoms with Gasteiger partial charge in [-0.3, -0.25) is 10.1 Å². The lowest BCUT2D eigenvalue weighted by molar-refractivity contribution is -0.384. The summed E-state index contributed by atoms with van der Waals surface area (Å²) in [4.78, 5) is 12.8. The second-order valence-electron chi connectivity index (χ2n) is 4.55. The third-order valence-corrected chi connectivity index (χ3v) is 3.28. The number of likely N-dealkylation sites (tertiary alicyclic amines) is 1. The molecule has 1 fully saturated rings. The van der Waals surface area contributed by atoms with Crippen LogP contribution in [0.4, 0.5) is 11.4 Å². The van der Waals surface area contributed by atoms with Crippen molar-refractivity contribution in [2.75, 3.05) is 31.5 Å². The van der Waals surface area contributed by atoms with Crippen LogP contribution < -0.4 is 5.32 Å². The standard InChI is InChI=1S/C13H16N4O2/c14-10-11-4-3-5-12(13(11)17(18)19)15-6-9-16-7-1-2-8-16/h3-5,15H,1-2,6-9H2. The van der Waals surface area contributed by atoms with Gasteiger partial charge in [-0.15, -0.1) is 0 Å². The van der Waals surface area contributed by atoms with E-state index in [2.05, 4.69) is 10.2 Å². The summed E-state index contributed by atoms with van der Waals surface area (Å²) in [6.07, 6.45) is 2.45. The van der Waals surface area contributed by atoms with Crippen LogP contribution in [0.2, 0.25) is 0 Å². The van der Waals surface area contributed by atoms with Crippen molar-refractivity contribution < 1.29 is 4.92 Å². The second kappa shape index (κ2) is 6.16. The fourth-order valence-corrected chi connectivity index (χ4v) is 2.33. The van der Waals surface area contributed by atoms with E-state index in [4.69, 9.17) is 5.26 Å². The van der Waals surface area contributed by atoms with Gasteiger partial charge in [0.25, 0.3) is 0 Å². The van der Waals surface area contributed by atoms with Crippen molar-refractivity contribution in [1.82, 2.24) is 4.90 Å². The largest absolute Gasteiger partial charge is 0.378 e. The first-order chi connectivity index (χ1) is 9.22. The van der Waals surface area contributed by atoms with Crippen LogP contribution in [0.3, 0.4) is 0 Å². The molecule has 1 aliphatic heterocycles. The van der Waals surface area contributed by atoms with Crippen molar-refractivity contribution in [3.63, 3.8) is 0 Å². The third kappa shape index (κ3) is 3.20. The number of nitro benzene ring substituents is 1. The zero-order valence-corrected chi connectivity index (χ0v) is 10.6. The van der Waals surface area contributed by atoms with Gasteiger partial charge in [0.15, 0.2) is 0 Å².